The van der Waals surface area contributed by atoms with Gasteiger partial charge in [-0.2, -0.15) is 0 Å². The van der Waals surface area contributed by atoms with Gasteiger partial charge in [0.1, 0.15) is 0 Å². The monoisotopic (exact) mass is 327 g/mol. The molecule has 3 nitrogen and oxygen atoms in total. The summed E-state index contributed by atoms with van der Waals surface area (Å²) in [7, 11) is -3.42. The molecule has 2 aromatic rings. The molecule has 0 fully saturated rings. The third-order valence-electron chi connectivity index (χ3n) is 2.65. The summed E-state index contributed by atoms with van der Waals surface area (Å²) in [5.41, 5.74) is 6.01. The molecule has 2 N–H and O–H groups in total. The third-order valence-corrected chi connectivity index (χ3v) is 6.12. The first-order valence-corrected chi connectivity index (χ1v) is 8.96. The van der Waals surface area contributed by atoms with Gasteiger partial charge in [-0.15, -0.1) is 11.8 Å². The molecule has 6 heteroatoms. The summed E-state index contributed by atoms with van der Waals surface area (Å²) in [5.74, 6) is 0.493. The lowest BCUT2D eigenvalue weighted by Gasteiger charge is -2.07. The molecule has 2 rings (SSSR count). The van der Waals surface area contributed by atoms with Crippen molar-refractivity contribution >= 4 is 38.9 Å². The topological polar surface area (TPSA) is 60.2 Å². The summed E-state index contributed by atoms with van der Waals surface area (Å²) >= 11 is 7.43. The molecule has 0 unspecified atom stereocenters. The Morgan fingerprint density at radius 3 is 2.50 bits per heavy atom. The zero-order chi connectivity index (χ0) is 14.6. The Morgan fingerprint density at radius 1 is 1.10 bits per heavy atom. The van der Waals surface area contributed by atoms with E-state index in [1.54, 1.807) is 6.07 Å². The van der Waals surface area contributed by atoms with Crippen molar-refractivity contribution in [1.29, 1.82) is 0 Å². The van der Waals surface area contributed by atoms with E-state index >= 15 is 0 Å². The molecular weight excluding hydrogens is 314 g/mol. The summed E-state index contributed by atoms with van der Waals surface area (Å²) in [6.45, 7) is 0. The van der Waals surface area contributed by atoms with Crippen LogP contribution in [0.15, 0.2) is 58.3 Å². The van der Waals surface area contributed by atoms with Crippen LogP contribution in [0.1, 0.15) is 0 Å². The molecule has 0 aliphatic carbocycles. The fourth-order valence-electron chi connectivity index (χ4n) is 1.65. The van der Waals surface area contributed by atoms with Crippen LogP contribution in [-0.2, 0) is 9.84 Å². The SMILES string of the molecule is Nc1ccc(Cl)c(S(=O)(=O)CCSc2ccccc2)c1. The Bertz CT molecular complexity index is 688. The number of halogens is 1. The Morgan fingerprint density at radius 2 is 1.80 bits per heavy atom. The Balaban J connectivity index is 2.06. The van der Waals surface area contributed by atoms with Crippen molar-refractivity contribution in [3.63, 3.8) is 0 Å². The molecule has 106 valence electrons. The highest BCUT2D eigenvalue weighted by molar-refractivity contribution is 8.00. The molecule has 0 aromatic heterocycles. The third kappa shape index (κ3) is 3.91. The van der Waals surface area contributed by atoms with Crippen LogP contribution in [0.5, 0.6) is 0 Å². The van der Waals surface area contributed by atoms with E-state index in [0.717, 1.165) is 4.90 Å². The van der Waals surface area contributed by atoms with Crippen LogP contribution >= 0.6 is 23.4 Å². The molecule has 0 aliphatic heterocycles. The van der Waals surface area contributed by atoms with Crippen LogP contribution < -0.4 is 5.73 Å². The van der Waals surface area contributed by atoms with Crippen molar-refractivity contribution in [3.05, 3.63) is 53.6 Å². The molecule has 0 amide bonds. The summed E-state index contributed by atoms with van der Waals surface area (Å²) in [4.78, 5) is 1.15. The predicted octanol–water partition coefficient (Wildman–Crippen LogP) is 3.49. The fraction of sp³-hybridized carbons (Fsp3) is 0.143. The van der Waals surface area contributed by atoms with E-state index in [4.69, 9.17) is 17.3 Å². The molecule has 0 aliphatic rings. The van der Waals surface area contributed by atoms with Crippen LogP contribution in [0.25, 0.3) is 0 Å². The van der Waals surface area contributed by atoms with E-state index in [-0.39, 0.29) is 15.7 Å². The summed E-state index contributed by atoms with van der Waals surface area (Å²) in [6.07, 6.45) is 0. The molecular formula is C14H14ClNO2S2. The lowest BCUT2D eigenvalue weighted by Crippen LogP contribution is -2.10. The second-order valence-electron chi connectivity index (χ2n) is 4.17. The van der Waals surface area contributed by atoms with Crippen LogP contribution in [-0.4, -0.2) is 19.9 Å². The molecule has 0 saturated heterocycles. The van der Waals surface area contributed by atoms with Crippen LogP contribution in [0, 0.1) is 0 Å². The van der Waals surface area contributed by atoms with Gasteiger partial charge in [-0.1, -0.05) is 29.8 Å². The van der Waals surface area contributed by atoms with Crippen molar-refractivity contribution in [1.82, 2.24) is 0 Å². The zero-order valence-electron chi connectivity index (χ0n) is 10.6. The van der Waals surface area contributed by atoms with Crippen molar-refractivity contribution in [2.24, 2.45) is 0 Å². The maximum absolute atomic E-state index is 12.2. The smallest absolute Gasteiger partial charge is 0.180 e. The second kappa shape index (κ2) is 6.52. The number of benzene rings is 2. The summed E-state index contributed by atoms with van der Waals surface area (Å²) in [6, 6.07) is 14.2. The van der Waals surface area contributed by atoms with Gasteiger partial charge in [0.05, 0.1) is 15.7 Å². The molecule has 0 spiro atoms. The number of hydrogen-bond acceptors (Lipinski definition) is 4. The van der Waals surface area contributed by atoms with Gasteiger partial charge in [-0.05, 0) is 30.3 Å². The largest absolute Gasteiger partial charge is 0.399 e. The molecule has 2 aromatic carbocycles. The average Bonchev–Trinajstić information content (AvgIpc) is 2.42. The van der Waals surface area contributed by atoms with Crippen LogP contribution in [0.3, 0.4) is 0 Å². The number of thioether (sulfide) groups is 1. The number of nitrogen functional groups attached to an aromatic ring is 1. The number of hydrogen-bond donors (Lipinski definition) is 1. The van der Waals surface area contributed by atoms with Crippen LogP contribution in [0.2, 0.25) is 5.02 Å². The minimum absolute atomic E-state index is 0.0235. The average molecular weight is 328 g/mol. The van der Waals surface area contributed by atoms with E-state index in [2.05, 4.69) is 0 Å². The Hall–Kier alpha value is -1.17. The zero-order valence-corrected chi connectivity index (χ0v) is 13.0. The van der Waals surface area contributed by atoms with Gasteiger partial charge in [0.25, 0.3) is 0 Å². The van der Waals surface area contributed by atoms with Gasteiger partial charge >= 0.3 is 0 Å². The molecule has 0 radical (unpaired) electrons. The lowest BCUT2D eigenvalue weighted by molar-refractivity contribution is 0.597. The Labute approximate surface area is 128 Å². The number of rotatable bonds is 5. The van der Waals surface area contributed by atoms with E-state index in [9.17, 15) is 8.42 Å². The van der Waals surface area contributed by atoms with Crippen LogP contribution in [0.4, 0.5) is 5.69 Å². The van der Waals surface area contributed by atoms with Gasteiger partial charge in [-0.3, -0.25) is 0 Å². The summed E-state index contributed by atoms with van der Waals surface area (Å²) < 4.78 is 24.5. The fourth-order valence-corrected chi connectivity index (χ4v) is 4.82. The minimum Gasteiger partial charge on any atom is -0.399 e. The van der Waals surface area contributed by atoms with Gasteiger partial charge in [0.2, 0.25) is 0 Å². The highest BCUT2D eigenvalue weighted by Gasteiger charge is 2.18. The van der Waals surface area contributed by atoms with E-state index in [1.165, 1.54) is 23.9 Å². The number of sulfone groups is 1. The first-order valence-electron chi connectivity index (χ1n) is 5.95. The van der Waals surface area contributed by atoms with E-state index in [0.29, 0.717) is 11.4 Å². The van der Waals surface area contributed by atoms with E-state index < -0.39 is 9.84 Å². The van der Waals surface area contributed by atoms with Gasteiger partial charge in [-0.25, -0.2) is 8.42 Å². The van der Waals surface area contributed by atoms with E-state index in [1.807, 2.05) is 30.3 Å². The predicted molar refractivity (Wildman–Crippen MR) is 85.1 cm³/mol. The summed E-state index contributed by atoms with van der Waals surface area (Å²) in [5, 5.41) is 0.212. The normalized spacial score (nSPS) is 11.4. The lowest BCUT2D eigenvalue weighted by atomic mass is 10.3. The Kier molecular flexibility index (Phi) is 4.96. The molecule has 0 heterocycles. The van der Waals surface area contributed by atoms with Gasteiger partial charge < -0.3 is 5.73 Å². The molecule has 0 bridgehead atoms. The van der Waals surface area contributed by atoms with Crippen molar-refractivity contribution in [2.75, 3.05) is 17.2 Å². The maximum atomic E-state index is 12.2. The van der Waals surface area contributed by atoms with Gasteiger partial charge in [0.15, 0.2) is 9.84 Å². The number of anilines is 1. The first kappa shape index (κ1) is 15.2. The molecule has 0 saturated carbocycles. The maximum Gasteiger partial charge on any atom is 0.180 e. The van der Waals surface area contributed by atoms with Gasteiger partial charge in [0, 0.05) is 16.3 Å². The highest BCUT2D eigenvalue weighted by atomic mass is 35.5. The molecule has 20 heavy (non-hydrogen) atoms. The van der Waals surface area contributed by atoms with Crippen molar-refractivity contribution < 1.29 is 8.42 Å². The quantitative estimate of drug-likeness (QED) is 0.674. The first-order chi connectivity index (χ1) is 9.49. The number of nitrogens with two attached hydrogens (primary N) is 1. The molecule has 0 atom stereocenters. The standard InChI is InChI=1S/C14H14ClNO2S2/c15-13-7-6-11(16)10-14(13)20(17,18)9-8-19-12-4-2-1-3-5-12/h1-7,10H,8-9,16H2. The van der Waals surface area contributed by atoms with Crippen molar-refractivity contribution in [2.45, 2.75) is 9.79 Å². The highest BCUT2D eigenvalue weighted by Crippen LogP contribution is 2.26. The van der Waals surface area contributed by atoms with Crippen molar-refractivity contribution in [3.8, 4) is 0 Å². The second-order valence-corrected chi connectivity index (χ2v) is 7.82. The minimum atomic E-state index is -3.42.